The molecule has 1 aromatic rings. The van der Waals surface area contributed by atoms with E-state index in [9.17, 15) is 9.59 Å². The molecule has 2 rings (SSSR count). The lowest BCUT2D eigenvalue weighted by Crippen LogP contribution is -2.49. The number of carbonyl (C=O) groups excluding carboxylic acids is 2. The van der Waals surface area contributed by atoms with E-state index in [4.69, 9.17) is 9.47 Å². The number of methoxy groups -OCH3 is 1. The van der Waals surface area contributed by atoms with Crippen molar-refractivity contribution in [1.82, 2.24) is 5.32 Å². The fraction of sp³-hybridized carbons (Fsp3) is 0.500. The van der Waals surface area contributed by atoms with Crippen molar-refractivity contribution < 1.29 is 19.1 Å². The number of fused-ring (bicyclic) bond motifs is 1. The van der Waals surface area contributed by atoms with E-state index in [-0.39, 0.29) is 18.4 Å². The van der Waals surface area contributed by atoms with Crippen molar-refractivity contribution >= 4 is 17.5 Å². The van der Waals surface area contributed by atoms with Gasteiger partial charge in [-0.25, -0.2) is 0 Å². The van der Waals surface area contributed by atoms with Gasteiger partial charge in [-0.05, 0) is 31.0 Å². The maximum absolute atomic E-state index is 12.5. The molecule has 0 saturated carbocycles. The summed E-state index contributed by atoms with van der Waals surface area (Å²) in [5.74, 6) is 0.249. The molecule has 6 nitrogen and oxygen atoms in total. The molecule has 0 saturated heterocycles. The summed E-state index contributed by atoms with van der Waals surface area (Å²) in [6, 6.07) is 5.63. The van der Waals surface area contributed by atoms with Gasteiger partial charge in [-0.15, -0.1) is 0 Å². The molecule has 0 bridgehead atoms. The second-order valence-electron chi connectivity index (χ2n) is 5.25. The van der Waals surface area contributed by atoms with Crippen molar-refractivity contribution in [3.8, 4) is 5.75 Å². The highest BCUT2D eigenvalue weighted by molar-refractivity contribution is 6.03. The molecule has 1 atom stereocenters. The van der Waals surface area contributed by atoms with Crippen LogP contribution in [0.15, 0.2) is 18.2 Å². The first kappa shape index (κ1) is 16.3. The number of hydrogen-bond donors (Lipinski definition) is 1. The van der Waals surface area contributed by atoms with Crippen LogP contribution in [0.3, 0.4) is 0 Å². The molecule has 1 aliphatic rings. The van der Waals surface area contributed by atoms with E-state index in [1.165, 1.54) is 4.90 Å². The van der Waals surface area contributed by atoms with E-state index in [1.807, 2.05) is 32.0 Å². The Balaban J connectivity index is 2.18. The van der Waals surface area contributed by atoms with Gasteiger partial charge in [0.25, 0.3) is 5.91 Å². The molecule has 0 spiro atoms. The van der Waals surface area contributed by atoms with Gasteiger partial charge in [-0.1, -0.05) is 13.0 Å². The number of benzene rings is 1. The summed E-state index contributed by atoms with van der Waals surface area (Å²) in [4.78, 5) is 26.0. The number of carbonyl (C=O) groups is 2. The van der Waals surface area contributed by atoms with Gasteiger partial charge < -0.3 is 14.8 Å². The zero-order valence-corrected chi connectivity index (χ0v) is 13.2. The third-order valence-corrected chi connectivity index (χ3v) is 3.52. The molecule has 1 heterocycles. The molecule has 0 fully saturated rings. The molecule has 0 radical (unpaired) electrons. The van der Waals surface area contributed by atoms with Crippen molar-refractivity contribution in [1.29, 1.82) is 0 Å². The highest BCUT2D eigenvalue weighted by Gasteiger charge is 2.34. The lowest BCUT2D eigenvalue weighted by Gasteiger charge is -2.33. The van der Waals surface area contributed by atoms with E-state index >= 15 is 0 Å². The first-order valence-electron chi connectivity index (χ1n) is 7.41. The molecule has 0 aromatic heterocycles. The number of aryl methyl sites for hydroxylation is 1. The molecule has 0 aliphatic carbocycles. The summed E-state index contributed by atoms with van der Waals surface area (Å²) in [6.45, 7) is 4.67. The third-order valence-electron chi connectivity index (χ3n) is 3.52. The molecule has 1 aliphatic heterocycles. The van der Waals surface area contributed by atoms with Gasteiger partial charge in [0, 0.05) is 13.7 Å². The van der Waals surface area contributed by atoms with Crippen LogP contribution >= 0.6 is 0 Å². The second kappa shape index (κ2) is 7.26. The molecular formula is C16H22N2O4. The SMILES string of the molecule is CCC1Oc2ccc(C)cc2N(CC(=O)NCCOC)C1=O. The van der Waals surface area contributed by atoms with Gasteiger partial charge in [0.2, 0.25) is 5.91 Å². The predicted molar refractivity (Wildman–Crippen MR) is 83.1 cm³/mol. The first-order valence-corrected chi connectivity index (χ1v) is 7.41. The molecule has 1 aromatic carbocycles. The topological polar surface area (TPSA) is 67.9 Å². The number of hydrogen-bond acceptors (Lipinski definition) is 4. The number of nitrogens with one attached hydrogen (secondary N) is 1. The van der Waals surface area contributed by atoms with Crippen molar-refractivity contribution in [2.75, 3.05) is 31.7 Å². The Bertz CT molecular complexity index is 559. The fourth-order valence-corrected chi connectivity index (χ4v) is 2.35. The Labute approximate surface area is 130 Å². The van der Waals surface area contributed by atoms with Crippen LogP contribution in [0.25, 0.3) is 0 Å². The van der Waals surface area contributed by atoms with Gasteiger partial charge in [0.15, 0.2) is 6.10 Å². The molecule has 6 heteroatoms. The molecule has 120 valence electrons. The largest absolute Gasteiger partial charge is 0.478 e. The van der Waals surface area contributed by atoms with Gasteiger partial charge >= 0.3 is 0 Å². The summed E-state index contributed by atoms with van der Waals surface area (Å²) >= 11 is 0. The standard InChI is InChI=1S/C16H22N2O4/c1-4-13-16(20)18(10-15(19)17-7-8-21-3)12-9-11(2)5-6-14(12)22-13/h5-6,9,13H,4,7-8,10H2,1-3H3,(H,17,19). The van der Waals surface area contributed by atoms with Crippen molar-refractivity contribution in [2.45, 2.75) is 26.4 Å². The number of anilines is 1. The number of rotatable bonds is 6. The third kappa shape index (κ3) is 3.57. The van der Waals surface area contributed by atoms with Gasteiger partial charge in [0.1, 0.15) is 12.3 Å². The van der Waals surface area contributed by atoms with Crippen LogP contribution in [0.2, 0.25) is 0 Å². The average Bonchev–Trinajstić information content (AvgIpc) is 2.50. The van der Waals surface area contributed by atoms with Crippen molar-refractivity contribution in [2.24, 2.45) is 0 Å². The van der Waals surface area contributed by atoms with Gasteiger partial charge in [-0.2, -0.15) is 0 Å². The highest BCUT2D eigenvalue weighted by atomic mass is 16.5. The molecule has 1 unspecified atom stereocenters. The van der Waals surface area contributed by atoms with Crippen molar-refractivity contribution in [3.63, 3.8) is 0 Å². The van der Waals surface area contributed by atoms with Crippen LogP contribution in [-0.2, 0) is 14.3 Å². The smallest absolute Gasteiger partial charge is 0.268 e. The summed E-state index contributed by atoms with van der Waals surface area (Å²) in [7, 11) is 1.57. The van der Waals surface area contributed by atoms with E-state index < -0.39 is 6.10 Å². The van der Waals surface area contributed by atoms with E-state index in [1.54, 1.807) is 7.11 Å². The number of ether oxygens (including phenoxy) is 2. The Morgan fingerprint density at radius 3 is 2.91 bits per heavy atom. The fourth-order valence-electron chi connectivity index (χ4n) is 2.35. The molecule has 2 amide bonds. The Morgan fingerprint density at radius 1 is 1.45 bits per heavy atom. The highest BCUT2D eigenvalue weighted by Crippen LogP contribution is 2.35. The number of amides is 2. The number of nitrogens with zero attached hydrogens (tertiary/aromatic N) is 1. The Morgan fingerprint density at radius 2 is 2.23 bits per heavy atom. The minimum absolute atomic E-state index is 0.0150. The van der Waals surface area contributed by atoms with Crippen LogP contribution < -0.4 is 15.0 Å². The van der Waals surface area contributed by atoms with Crippen LogP contribution in [0.4, 0.5) is 5.69 Å². The molecule has 1 N–H and O–H groups in total. The summed E-state index contributed by atoms with van der Waals surface area (Å²) in [6.07, 6.45) is 0.0236. The predicted octanol–water partition coefficient (Wildman–Crippen LogP) is 1.26. The first-order chi connectivity index (χ1) is 10.6. The normalized spacial score (nSPS) is 17.0. The lowest BCUT2D eigenvalue weighted by molar-refractivity contribution is -0.129. The van der Waals surface area contributed by atoms with Crippen molar-refractivity contribution in [3.05, 3.63) is 23.8 Å². The average molecular weight is 306 g/mol. The minimum atomic E-state index is -0.540. The molecule has 22 heavy (non-hydrogen) atoms. The lowest BCUT2D eigenvalue weighted by atomic mass is 10.1. The van der Waals surface area contributed by atoms with E-state index in [0.29, 0.717) is 31.0 Å². The quantitative estimate of drug-likeness (QED) is 0.804. The summed E-state index contributed by atoms with van der Waals surface area (Å²) in [5, 5.41) is 2.73. The van der Waals surface area contributed by atoms with Crippen LogP contribution in [0.5, 0.6) is 5.75 Å². The van der Waals surface area contributed by atoms with Crippen LogP contribution in [-0.4, -0.2) is 44.7 Å². The maximum atomic E-state index is 12.5. The Hall–Kier alpha value is -2.08. The summed E-state index contributed by atoms with van der Waals surface area (Å²) < 4.78 is 10.6. The second-order valence-corrected chi connectivity index (χ2v) is 5.25. The molecular weight excluding hydrogens is 284 g/mol. The minimum Gasteiger partial charge on any atom is -0.478 e. The Kier molecular flexibility index (Phi) is 5.38. The van der Waals surface area contributed by atoms with Crippen LogP contribution in [0, 0.1) is 6.92 Å². The zero-order valence-electron chi connectivity index (χ0n) is 13.2. The van der Waals surface area contributed by atoms with Gasteiger partial charge in [0.05, 0.1) is 12.3 Å². The van der Waals surface area contributed by atoms with E-state index in [2.05, 4.69) is 5.32 Å². The van der Waals surface area contributed by atoms with Gasteiger partial charge in [-0.3, -0.25) is 14.5 Å². The zero-order chi connectivity index (χ0) is 16.1. The monoisotopic (exact) mass is 306 g/mol. The summed E-state index contributed by atoms with van der Waals surface area (Å²) in [5.41, 5.74) is 1.66. The maximum Gasteiger partial charge on any atom is 0.268 e. The van der Waals surface area contributed by atoms with E-state index in [0.717, 1.165) is 5.56 Å². The van der Waals surface area contributed by atoms with Crippen LogP contribution in [0.1, 0.15) is 18.9 Å².